The van der Waals surface area contributed by atoms with E-state index in [1.54, 1.807) is 0 Å². The summed E-state index contributed by atoms with van der Waals surface area (Å²) in [5.41, 5.74) is -1.11. The van der Waals surface area contributed by atoms with Gasteiger partial charge in [0, 0.05) is 0 Å². The number of halogens is 4. The molecule has 0 amide bonds. The number of benzene rings is 1. The fourth-order valence-corrected chi connectivity index (χ4v) is 2.80. The average Bonchev–Trinajstić information content (AvgIpc) is 2.33. The predicted octanol–water partition coefficient (Wildman–Crippen LogP) is 3.74. The van der Waals surface area contributed by atoms with Gasteiger partial charge in [-0.05, 0) is 44.9 Å². The Balaban J connectivity index is 3.29. The van der Waals surface area contributed by atoms with E-state index in [0.717, 1.165) is 12.1 Å². The summed E-state index contributed by atoms with van der Waals surface area (Å²) in [7, 11) is -3.89. The number of nitrogens with one attached hydrogen (secondary N) is 1. The molecule has 0 fully saturated rings. The van der Waals surface area contributed by atoms with Gasteiger partial charge < -0.3 is 0 Å². The molecule has 0 saturated heterocycles. The molecular weight excluding hydrogens is 322 g/mol. The highest BCUT2D eigenvalue weighted by Gasteiger charge is 2.36. The first-order valence-corrected chi connectivity index (χ1v) is 8.04. The Bertz CT molecular complexity index is 633. The molecule has 0 aliphatic heterocycles. The second-order valence-corrected chi connectivity index (χ2v) is 8.43. The molecule has 22 heavy (non-hydrogen) atoms. The van der Waals surface area contributed by atoms with Gasteiger partial charge in [0.25, 0.3) is 0 Å². The van der Waals surface area contributed by atoms with Crippen LogP contribution in [0.3, 0.4) is 0 Å². The zero-order chi connectivity index (χ0) is 17.3. The van der Waals surface area contributed by atoms with E-state index in [1.165, 1.54) is 33.8 Å². The van der Waals surface area contributed by atoms with Crippen LogP contribution in [0, 0.1) is 6.92 Å². The maximum absolute atomic E-state index is 13.3. The summed E-state index contributed by atoms with van der Waals surface area (Å²) in [5.74, 6) is 0. The molecule has 1 unspecified atom stereocenters. The van der Waals surface area contributed by atoms with Crippen LogP contribution in [0.2, 0.25) is 0 Å². The van der Waals surface area contributed by atoms with Crippen LogP contribution in [-0.4, -0.2) is 19.8 Å². The summed E-state index contributed by atoms with van der Waals surface area (Å²) in [5, 5.41) is 0. The summed E-state index contributed by atoms with van der Waals surface area (Å²) in [6.45, 7) is 4.32. The van der Waals surface area contributed by atoms with Crippen molar-refractivity contribution in [2.24, 2.45) is 0 Å². The van der Waals surface area contributed by atoms with Crippen LogP contribution in [0.5, 0.6) is 0 Å². The second-order valence-electron chi connectivity index (χ2n) is 5.96. The average molecular weight is 341 g/mol. The lowest BCUT2D eigenvalue weighted by molar-refractivity contribution is -0.138. The van der Waals surface area contributed by atoms with Crippen molar-refractivity contribution in [3.8, 4) is 0 Å². The molecule has 0 aliphatic rings. The van der Waals surface area contributed by atoms with Crippen molar-refractivity contribution < 1.29 is 26.0 Å². The van der Waals surface area contributed by atoms with Gasteiger partial charge in [-0.2, -0.15) is 13.2 Å². The monoisotopic (exact) mass is 341 g/mol. The first-order chi connectivity index (χ1) is 9.81. The van der Waals surface area contributed by atoms with E-state index in [0.29, 0.717) is 0 Å². The minimum Gasteiger partial charge on any atom is -0.249 e. The topological polar surface area (TPSA) is 46.2 Å². The largest absolute Gasteiger partial charge is 0.416 e. The summed E-state index contributed by atoms with van der Waals surface area (Å²) in [4.78, 5) is 0. The molecule has 3 nitrogen and oxygen atoms in total. The lowest BCUT2D eigenvalue weighted by atomic mass is 9.97. The zero-order valence-electron chi connectivity index (χ0n) is 12.8. The Morgan fingerprint density at radius 1 is 1.18 bits per heavy atom. The summed E-state index contributed by atoms with van der Waals surface area (Å²) in [6.07, 6.45) is -4.58. The third-order valence-electron chi connectivity index (χ3n) is 3.31. The number of alkyl halides is 4. The minimum atomic E-state index is -4.58. The number of rotatable bonds is 4. The predicted molar refractivity (Wildman–Crippen MR) is 76.7 cm³/mol. The van der Waals surface area contributed by atoms with Gasteiger partial charge in [0.2, 0.25) is 10.0 Å². The maximum Gasteiger partial charge on any atom is 0.416 e. The highest BCUT2D eigenvalue weighted by molar-refractivity contribution is 7.90. The normalized spacial score (nSPS) is 14.9. The van der Waals surface area contributed by atoms with Gasteiger partial charge in [-0.3, -0.25) is 0 Å². The van der Waals surface area contributed by atoms with Crippen molar-refractivity contribution in [2.45, 2.75) is 44.7 Å². The van der Waals surface area contributed by atoms with Crippen molar-refractivity contribution in [3.05, 3.63) is 34.9 Å². The Kier molecular flexibility index (Phi) is 5.29. The Hall–Kier alpha value is -1.15. The van der Waals surface area contributed by atoms with Crippen LogP contribution in [0.25, 0.3) is 0 Å². The van der Waals surface area contributed by atoms with Crippen molar-refractivity contribution >= 4 is 10.0 Å². The molecule has 0 radical (unpaired) electrons. The molecule has 0 heterocycles. The molecule has 126 valence electrons. The van der Waals surface area contributed by atoms with Gasteiger partial charge in [0.1, 0.15) is 6.67 Å². The lowest BCUT2D eigenvalue weighted by Crippen LogP contribution is -2.42. The van der Waals surface area contributed by atoms with E-state index in [2.05, 4.69) is 4.72 Å². The summed E-state index contributed by atoms with van der Waals surface area (Å²) >= 11 is 0. The van der Waals surface area contributed by atoms with E-state index in [4.69, 9.17) is 0 Å². The van der Waals surface area contributed by atoms with E-state index in [9.17, 15) is 26.0 Å². The molecule has 0 aliphatic carbocycles. The molecule has 0 aromatic heterocycles. The van der Waals surface area contributed by atoms with Gasteiger partial charge in [0.15, 0.2) is 0 Å². The third kappa shape index (κ3) is 3.98. The SMILES string of the molecule is Cc1c(C(CF)NS(=O)(=O)C(C)(C)C)cccc1C(F)(F)F. The van der Waals surface area contributed by atoms with Crippen LogP contribution in [0.4, 0.5) is 17.6 Å². The van der Waals surface area contributed by atoms with Crippen LogP contribution in [0.15, 0.2) is 18.2 Å². The number of hydrogen-bond donors (Lipinski definition) is 1. The van der Waals surface area contributed by atoms with E-state index < -0.39 is 39.2 Å². The molecule has 8 heteroatoms. The summed E-state index contributed by atoms with van der Waals surface area (Å²) < 4.78 is 77.1. The molecule has 0 spiro atoms. The van der Waals surface area contributed by atoms with Gasteiger partial charge in [-0.1, -0.05) is 12.1 Å². The van der Waals surface area contributed by atoms with E-state index in [1.807, 2.05) is 0 Å². The molecule has 0 bridgehead atoms. The molecule has 1 aromatic rings. The number of hydrogen-bond acceptors (Lipinski definition) is 2. The van der Waals surface area contributed by atoms with Gasteiger partial charge >= 0.3 is 6.18 Å². The van der Waals surface area contributed by atoms with Gasteiger partial charge in [-0.15, -0.1) is 0 Å². The Morgan fingerprint density at radius 3 is 2.14 bits per heavy atom. The van der Waals surface area contributed by atoms with Crippen molar-refractivity contribution in [3.63, 3.8) is 0 Å². The smallest absolute Gasteiger partial charge is 0.249 e. The molecule has 0 saturated carbocycles. The molecule has 1 N–H and O–H groups in total. The fraction of sp³-hybridized carbons (Fsp3) is 0.571. The van der Waals surface area contributed by atoms with Crippen molar-refractivity contribution in [2.75, 3.05) is 6.67 Å². The Labute approximate surface area is 127 Å². The zero-order valence-corrected chi connectivity index (χ0v) is 13.6. The molecule has 1 aromatic carbocycles. The lowest BCUT2D eigenvalue weighted by Gasteiger charge is -2.25. The second kappa shape index (κ2) is 6.16. The first-order valence-electron chi connectivity index (χ1n) is 6.56. The van der Waals surface area contributed by atoms with E-state index in [-0.39, 0.29) is 11.1 Å². The quantitative estimate of drug-likeness (QED) is 0.848. The van der Waals surface area contributed by atoms with E-state index >= 15 is 0 Å². The van der Waals surface area contributed by atoms with Gasteiger partial charge in [-0.25, -0.2) is 17.5 Å². The first kappa shape index (κ1) is 18.9. The van der Waals surface area contributed by atoms with Crippen molar-refractivity contribution in [1.82, 2.24) is 4.72 Å². The molecule has 1 rings (SSSR count). The van der Waals surface area contributed by atoms with Crippen molar-refractivity contribution in [1.29, 1.82) is 0 Å². The molecule has 1 atom stereocenters. The molecular formula is C14H19F4NO2S. The summed E-state index contributed by atoms with van der Waals surface area (Å²) in [6, 6.07) is 1.96. The number of sulfonamides is 1. The van der Waals surface area contributed by atoms with Crippen LogP contribution >= 0.6 is 0 Å². The Morgan fingerprint density at radius 2 is 1.73 bits per heavy atom. The maximum atomic E-state index is 13.3. The van der Waals surface area contributed by atoms with Crippen LogP contribution in [-0.2, 0) is 16.2 Å². The highest BCUT2D eigenvalue weighted by atomic mass is 32.2. The highest BCUT2D eigenvalue weighted by Crippen LogP contribution is 2.35. The standard InChI is InChI=1S/C14H19F4NO2S/c1-9-10(6-5-7-11(9)14(16,17)18)12(8-15)19-22(20,21)13(2,3)4/h5-7,12,19H,8H2,1-4H3. The van der Waals surface area contributed by atoms with Crippen LogP contribution in [0.1, 0.15) is 43.5 Å². The van der Waals surface area contributed by atoms with Gasteiger partial charge in [0.05, 0.1) is 16.4 Å². The minimum absolute atomic E-state index is 0.0230. The third-order valence-corrected chi connectivity index (χ3v) is 5.52. The fourth-order valence-electron chi connectivity index (χ4n) is 1.88. The van der Waals surface area contributed by atoms with Crippen LogP contribution < -0.4 is 4.72 Å².